The van der Waals surface area contributed by atoms with Crippen LogP contribution in [0.4, 0.5) is 0 Å². The quantitative estimate of drug-likeness (QED) is 0.439. The van der Waals surface area contributed by atoms with Crippen molar-refractivity contribution in [3.8, 4) is 22.6 Å². The topological polar surface area (TPSA) is 76.7 Å². The molecule has 0 aromatic heterocycles. The van der Waals surface area contributed by atoms with Crippen LogP contribution in [0.1, 0.15) is 0 Å². The average Bonchev–Trinajstić information content (AvgIpc) is 2.76. The molecule has 3 aromatic rings. The number of amides is 2. The minimum absolute atomic E-state index is 0.247. The highest BCUT2D eigenvalue weighted by atomic mass is 79.9. The lowest BCUT2D eigenvalue weighted by Gasteiger charge is -2.12. The van der Waals surface area contributed by atoms with Gasteiger partial charge in [-0.25, -0.2) is 0 Å². The molecule has 0 heterocycles. The standard InChI is InChI=1S/C22H18Br2N2O4/c23-16-10-11-20(18(24)12-16)30-14-22(28)26-25-21(27)13-29-19-9-5-4-8-17(19)15-6-2-1-3-7-15/h1-12H,13-14H2,(H,25,27)(H,26,28). The number of hydrogen-bond acceptors (Lipinski definition) is 4. The second-order valence-electron chi connectivity index (χ2n) is 6.11. The van der Waals surface area contributed by atoms with Crippen LogP contribution in [0, 0.1) is 0 Å². The third-order valence-electron chi connectivity index (χ3n) is 3.92. The molecule has 8 heteroatoms. The second kappa shape index (κ2) is 10.8. The normalized spacial score (nSPS) is 10.2. The van der Waals surface area contributed by atoms with Crippen molar-refractivity contribution < 1.29 is 19.1 Å². The van der Waals surface area contributed by atoms with Gasteiger partial charge in [0.15, 0.2) is 13.2 Å². The van der Waals surface area contributed by atoms with E-state index in [-0.39, 0.29) is 13.2 Å². The molecule has 0 saturated carbocycles. The highest BCUT2D eigenvalue weighted by Crippen LogP contribution is 2.29. The number of nitrogens with one attached hydrogen (secondary N) is 2. The zero-order chi connectivity index (χ0) is 21.3. The summed E-state index contributed by atoms with van der Waals surface area (Å²) in [6.07, 6.45) is 0. The first-order valence-corrected chi connectivity index (χ1v) is 10.5. The average molecular weight is 534 g/mol. The minimum atomic E-state index is -0.497. The number of carbonyl (C=O) groups excluding carboxylic acids is 2. The summed E-state index contributed by atoms with van der Waals surface area (Å²) in [4.78, 5) is 23.9. The van der Waals surface area contributed by atoms with E-state index in [1.807, 2.05) is 48.5 Å². The van der Waals surface area contributed by atoms with Gasteiger partial charge in [0, 0.05) is 10.0 Å². The monoisotopic (exact) mass is 532 g/mol. The molecule has 0 aliphatic rings. The Kier molecular flexibility index (Phi) is 7.87. The van der Waals surface area contributed by atoms with Crippen molar-refractivity contribution in [3.05, 3.63) is 81.7 Å². The Labute approximate surface area is 190 Å². The van der Waals surface area contributed by atoms with Crippen LogP contribution in [0.15, 0.2) is 81.7 Å². The zero-order valence-corrected chi connectivity index (χ0v) is 18.9. The van der Waals surface area contributed by atoms with Crippen molar-refractivity contribution in [2.24, 2.45) is 0 Å². The maximum Gasteiger partial charge on any atom is 0.276 e. The molecule has 0 radical (unpaired) electrons. The first kappa shape index (κ1) is 21.9. The first-order valence-electron chi connectivity index (χ1n) is 8.95. The van der Waals surface area contributed by atoms with Crippen LogP contribution in [0.25, 0.3) is 11.1 Å². The highest BCUT2D eigenvalue weighted by molar-refractivity contribution is 9.11. The van der Waals surface area contributed by atoms with Gasteiger partial charge in [0.1, 0.15) is 11.5 Å². The van der Waals surface area contributed by atoms with Gasteiger partial charge in [0.05, 0.1) is 4.47 Å². The number of halogens is 2. The van der Waals surface area contributed by atoms with E-state index >= 15 is 0 Å². The van der Waals surface area contributed by atoms with Crippen LogP contribution >= 0.6 is 31.9 Å². The van der Waals surface area contributed by atoms with Crippen molar-refractivity contribution in [1.82, 2.24) is 10.9 Å². The summed E-state index contributed by atoms with van der Waals surface area (Å²) < 4.78 is 12.6. The van der Waals surface area contributed by atoms with Crippen LogP contribution < -0.4 is 20.3 Å². The number of ether oxygens (including phenoxy) is 2. The lowest BCUT2D eigenvalue weighted by molar-refractivity contribution is -0.131. The molecule has 0 unspecified atom stereocenters. The molecule has 0 spiro atoms. The van der Waals surface area contributed by atoms with Crippen LogP contribution in [-0.4, -0.2) is 25.0 Å². The zero-order valence-electron chi connectivity index (χ0n) is 15.7. The van der Waals surface area contributed by atoms with E-state index in [2.05, 4.69) is 42.7 Å². The Morgan fingerprint density at radius 3 is 2.00 bits per heavy atom. The van der Waals surface area contributed by atoms with Gasteiger partial charge in [-0.1, -0.05) is 64.5 Å². The summed E-state index contributed by atoms with van der Waals surface area (Å²) in [5, 5.41) is 0. The van der Waals surface area contributed by atoms with Gasteiger partial charge in [0.2, 0.25) is 0 Å². The Morgan fingerprint density at radius 2 is 1.33 bits per heavy atom. The molecule has 0 aliphatic heterocycles. The molecule has 2 N–H and O–H groups in total. The van der Waals surface area contributed by atoms with Gasteiger partial charge >= 0.3 is 0 Å². The lowest BCUT2D eigenvalue weighted by Crippen LogP contribution is -2.45. The third-order valence-corrected chi connectivity index (χ3v) is 5.04. The fourth-order valence-electron chi connectivity index (χ4n) is 2.54. The van der Waals surface area contributed by atoms with Crippen molar-refractivity contribution in [2.75, 3.05) is 13.2 Å². The largest absolute Gasteiger partial charge is 0.483 e. The van der Waals surface area contributed by atoms with E-state index in [4.69, 9.17) is 9.47 Å². The molecule has 3 aromatic carbocycles. The summed E-state index contributed by atoms with van der Waals surface area (Å²) in [6.45, 7) is -0.499. The van der Waals surface area contributed by atoms with Gasteiger partial charge < -0.3 is 9.47 Å². The third kappa shape index (κ3) is 6.33. The summed E-state index contributed by atoms with van der Waals surface area (Å²) in [6, 6.07) is 22.5. The SMILES string of the molecule is O=C(COc1ccc(Br)cc1Br)NNC(=O)COc1ccccc1-c1ccccc1. The molecule has 0 bridgehead atoms. The lowest BCUT2D eigenvalue weighted by atomic mass is 10.1. The molecule has 154 valence electrons. The molecule has 2 amide bonds. The fraction of sp³-hybridized carbons (Fsp3) is 0.0909. The molecule has 30 heavy (non-hydrogen) atoms. The van der Waals surface area contributed by atoms with Gasteiger partial charge in [-0.05, 0) is 45.8 Å². The molecular formula is C22H18Br2N2O4. The number of carbonyl (C=O) groups is 2. The maximum absolute atomic E-state index is 12.0. The predicted molar refractivity (Wildman–Crippen MR) is 121 cm³/mol. The van der Waals surface area contributed by atoms with E-state index in [0.29, 0.717) is 16.0 Å². The van der Waals surface area contributed by atoms with E-state index < -0.39 is 11.8 Å². The van der Waals surface area contributed by atoms with Gasteiger partial charge in [-0.3, -0.25) is 20.4 Å². The minimum Gasteiger partial charge on any atom is -0.483 e. The first-order chi connectivity index (χ1) is 14.5. The molecule has 3 rings (SSSR count). The van der Waals surface area contributed by atoms with Crippen LogP contribution in [0.3, 0.4) is 0 Å². The molecule has 6 nitrogen and oxygen atoms in total. The van der Waals surface area contributed by atoms with E-state index in [1.54, 1.807) is 24.3 Å². The van der Waals surface area contributed by atoms with E-state index in [9.17, 15) is 9.59 Å². The summed E-state index contributed by atoms with van der Waals surface area (Å²) in [7, 11) is 0. The molecule has 0 saturated heterocycles. The van der Waals surface area contributed by atoms with E-state index in [0.717, 1.165) is 15.6 Å². The molecule has 0 fully saturated rings. The predicted octanol–water partition coefficient (Wildman–Crippen LogP) is 4.48. The molecule has 0 atom stereocenters. The smallest absolute Gasteiger partial charge is 0.276 e. The Bertz CT molecular complexity index is 1030. The maximum atomic E-state index is 12.0. The highest BCUT2D eigenvalue weighted by Gasteiger charge is 2.10. The van der Waals surface area contributed by atoms with Gasteiger partial charge in [-0.15, -0.1) is 0 Å². The number of rotatable bonds is 7. The Morgan fingerprint density at radius 1 is 0.733 bits per heavy atom. The van der Waals surface area contributed by atoms with Gasteiger partial charge in [-0.2, -0.15) is 0 Å². The van der Waals surface area contributed by atoms with Crippen LogP contribution in [-0.2, 0) is 9.59 Å². The Hall–Kier alpha value is -2.84. The van der Waals surface area contributed by atoms with Crippen molar-refractivity contribution in [3.63, 3.8) is 0 Å². The second-order valence-corrected chi connectivity index (χ2v) is 7.88. The number of benzene rings is 3. The number of hydrogen-bond donors (Lipinski definition) is 2. The fourth-order valence-corrected chi connectivity index (χ4v) is 3.70. The summed E-state index contributed by atoms with van der Waals surface area (Å²) >= 11 is 6.69. The van der Waals surface area contributed by atoms with Crippen molar-refractivity contribution in [2.45, 2.75) is 0 Å². The number of hydrazine groups is 1. The molecular weight excluding hydrogens is 516 g/mol. The van der Waals surface area contributed by atoms with Gasteiger partial charge in [0.25, 0.3) is 11.8 Å². The van der Waals surface area contributed by atoms with Crippen LogP contribution in [0.2, 0.25) is 0 Å². The Balaban J connectivity index is 1.46. The summed E-state index contributed by atoms with van der Waals surface area (Å²) in [5.41, 5.74) is 6.47. The van der Waals surface area contributed by atoms with Crippen LogP contribution in [0.5, 0.6) is 11.5 Å². The van der Waals surface area contributed by atoms with Crippen molar-refractivity contribution >= 4 is 43.7 Å². The summed E-state index contributed by atoms with van der Waals surface area (Å²) in [5.74, 6) is 0.105. The van der Waals surface area contributed by atoms with Crippen molar-refractivity contribution in [1.29, 1.82) is 0 Å². The number of para-hydroxylation sites is 1. The van der Waals surface area contributed by atoms with E-state index in [1.165, 1.54) is 0 Å². The molecule has 0 aliphatic carbocycles.